The molecule has 0 aromatic heterocycles. The molecule has 1 atom stereocenters. The summed E-state index contributed by atoms with van der Waals surface area (Å²) in [6, 6.07) is 4.32. The fraction of sp³-hybridized carbons (Fsp3) is 0.500. The first-order chi connectivity index (χ1) is 9.09. The van der Waals surface area contributed by atoms with Crippen LogP contribution >= 0.6 is 11.6 Å². The maximum absolute atomic E-state index is 13.9. The number of carboxylic acids is 1. The van der Waals surface area contributed by atoms with Crippen molar-refractivity contribution in [3.63, 3.8) is 0 Å². The summed E-state index contributed by atoms with van der Waals surface area (Å²) in [4.78, 5) is 13.1. The van der Waals surface area contributed by atoms with Crippen molar-refractivity contribution in [2.75, 3.05) is 6.54 Å². The Morgan fingerprint density at radius 1 is 1.42 bits per heavy atom. The first-order valence-corrected chi connectivity index (χ1v) is 6.87. The van der Waals surface area contributed by atoms with Crippen LogP contribution < -0.4 is 0 Å². The standard InChI is InChI=1S/C14H17ClFNO2/c15-11-6-4-5-10(13(11)16)9-17-8-3-1-2-7-12(17)14(18)19/h4-6,12H,1-3,7-9H2,(H,18,19). The third kappa shape index (κ3) is 3.45. The maximum Gasteiger partial charge on any atom is 0.320 e. The molecule has 1 aromatic rings. The fourth-order valence-electron chi connectivity index (χ4n) is 2.53. The number of halogens is 2. The zero-order valence-corrected chi connectivity index (χ0v) is 11.4. The second kappa shape index (κ2) is 6.35. The van der Waals surface area contributed by atoms with Crippen LogP contribution in [0.25, 0.3) is 0 Å². The van der Waals surface area contributed by atoms with Gasteiger partial charge in [0.2, 0.25) is 0 Å². The first kappa shape index (κ1) is 14.3. The maximum atomic E-state index is 13.9. The Kier molecular flexibility index (Phi) is 4.77. The van der Waals surface area contributed by atoms with Crippen molar-refractivity contribution in [2.45, 2.75) is 38.3 Å². The molecule has 3 nitrogen and oxygen atoms in total. The van der Waals surface area contributed by atoms with Gasteiger partial charge in [-0.15, -0.1) is 0 Å². The lowest BCUT2D eigenvalue weighted by Crippen LogP contribution is -2.40. The normalized spacial score (nSPS) is 21.1. The van der Waals surface area contributed by atoms with Gasteiger partial charge < -0.3 is 5.11 Å². The number of likely N-dealkylation sites (tertiary alicyclic amines) is 1. The summed E-state index contributed by atoms with van der Waals surface area (Å²) in [5.41, 5.74) is 0.459. The molecule has 5 heteroatoms. The molecule has 1 unspecified atom stereocenters. The van der Waals surface area contributed by atoms with E-state index in [0.717, 1.165) is 19.3 Å². The van der Waals surface area contributed by atoms with Crippen LogP contribution in [0.3, 0.4) is 0 Å². The van der Waals surface area contributed by atoms with Crippen molar-refractivity contribution in [1.29, 1.82) is 0 Å². The number of hydrogen-bond donors (Lipinski definition) is 1. The van der Waals surface area contributed by atoms with Gasteiger partial charge in [0.15, 0.2) is 0 Å². The van der Waals surface area contributed by atoms with E-state index >= 15 is 0 Å². The van der Waals surface area contributed by atoms with Gasteiger partial charge in [-0.3, -0.25) is 9.69 Å². The molecule has 1 aliphatic rings. The number of nitrogens with zero attached hydrogens (tertiary/aromatic N) is 1. The van der Waals surface area contributed by atoms with E-state index in [1.165, 1.54) is 6.07 Å². The van der Waals surface area contributed by atoms with Crippen molar-refractivity contribution in [1.82, 2.24) is 4.90 Å². The van der Waals surface area contributed by atoms with E-state index in [4.69, 9.17) is 11.6 Å². The third-order valence-electron chi connectivity index (χ3n) is 3.55. The SMILES string of the molecule is O=C(O)C1CCCCCN1Cc1cccc(Cl)c1F. The molecule has 0 radical (unpaired) electrons. The summed E-state index contributed by atoms with van der Waals surface area (Å²) >= 11 is 5.75. The highest BCUT2D eigenvalue weighted by Crippen LogP contribution is 2.23. The van der Waals surface area contributed by atoms with Crippen LogP contribution in [-0.4, -0.2) is 28.6 Å². The summed E-state index contributed by atoms with van der Waals surface area (Å²) in [7, 11) is 0. The van der Waals surface area contributed by atoms with Crippen LogP contribution in [0.2, 0.25) is 5.02 Å². The van der Waals surface area contributed by atoms with Gasteiger partial charge in [0.05, 0.1) is 5.02 Å². The Morgan fingerprint density at radius 2 is 2.21 bits per heavy atom. The van der Waals surface area contributed by atoms with Crippen molar-refractivity contribution >= 4 is 17.6 Å². The van der Waals surface area contributed by atoms with Crippen molar-refractivity contribution in [3.05, 3.63) is 34.6 Å². The molecule has 0 saturated carbocycles. The Hall–Kier alpha value is -1.13. The highest BCUT2D eigenvalue weighted by Gasteiger charge is 2.27. The van der Waals surface area contributed by atoms with Crippen molar-refractivity contribution in [2.24, 2.45) is 0 Å². The van der Waals surface area contributed by atoms with Gasteiger partial charge in [-0.1, -0.05) is 36.6 Å². The first-order valence-electron chi connectivity index (χ1n) is 6.49. The smallest absolute Gasteiger partial charge is 0.320 e. The Labute approximate surface area is 117 Å². The Balaban J connectivity index is 2.18. The lowest BCUT2D eigenvalue weighted by molar-refractivity contribution is -0.143. The molecule has 0 bridgehead atoms. The van der Waals surface area contributed by atoms with Crippen LogP contribution in [0, 0.1) is 5.82 Å². The lowest BCUT2D eigenvalue weighted by atomic mass is 10.1. The molecule has 0 aliphatic carbocycles. The number of rotatable bonds is 3. The van der Waals surface area contributed by atoms with E-state index in [1.807, 2.05) is 4.90 Å². The molecule has 1 aliphatic heterocycles. The van der Waals surface area contributed by atoms with Gasteiger partial charge in [0, 0.05) is 12.1 Å². The number of benzene rings is 1. The number of hydrogen-bond acceptors (Lipinski definition) is 2. The van der Waals surface area contributed by atoms with Crippen LogP contribution in [0.5, 0.6) is 0 Å². The summed E-state index contributed by atoms with van der Waals surface area (Å²) in [5, 5.41) is 9.36. The largest absolute Gasteiger partial charge is 0.480 e. The topological polar surface area (TPSA) is 40.5 Å². The predicted octanol–water partition coefficient (Wildman–Crippen LogP) is 3.31. The minimum absolute atomic E-state index is 0.0826. The third-order valence-corrected chi connectivity index (χ3v) is 3.85. The van der Waals surface area contributed by atoms with Gasteiger partial charge >= 0.3 is 5.97 Å². The zero-order valence-electron chi connectivity index (χ0n) is 10.6. The van der Waals surface area contributed by atoms with Crippen LogP contribution in [0.4, 0.5) is 4.39 Å². The molecule has 104 valence electrons. The molecule has 1 fully saturated rings. The minimum atomic E-state index is -0.829. The molecule has 1 saturated heterocycles. The van der Waals surface area contributed by atoms with E-state index < -0.39 is 17.8 Å². The van der Waals surface area contributed by atoms with Gasteiger partial charge in [-0.2, -0.15) is 0 Å². The highest BCUT2D eigenvalue weighted by molar-refractivity contribution is 6.30. The second-order valence-corrected chi connectivity index (χ2v) is 5.29. The van der Waals surface area contributed by atoms with Crippen LogP contribution in [0.1, 0.15) is 31.2 Å². The zero-order chi connectivity index (χ0) is 13.8. The number of carboxylic acid groups (broad SMARTS) is 1. The molecule has 1 heterocycles. The van der Waals surface area contributed by atoms with E-state index in [-0.39, 0.29) is 5.02 Å². The average Bonchev–Trinajstić information content (AvgIpc) is 2.60. The molecule has 0 spiro atoms. The molecular weight excluding hydrogens is 269 g/mol. The molecule has 19 heavy (non-hydrogen) atoms. The quantitative estimate of drug-likeness (QED) is 0.926. The highest BCUT2D eigenvalue weighted by atomic mass is 35.5. The monoisotopic (exact) mass is 285 g/mol. The Bertz CT molecular complexity index is 467. The summed E-state index contributed by atoms with van der Waals surface area (Å²) in [6.07, 6.45) is 3.51. The van der Waals surface area contributed by atoms with E-state index in [9.17, 15) is 14.3 Å². The molecule has 1 aromatic carbocycles. The molecule has 0 amide bonds. The average molecular weight is 286 g/mol. The predicted molar refractivity (Wildman–Crippen MR) is 71.7 cm³/mol. The van der Waals surface area contributed by atoms with Gasteiger partial charge in [-0.25, -0.2) is 4.39 Å². The summed E-state index contributed by atoms with van der Waals surface area (Å²) < 4.78 is 13.9. The second-order valence-electron chi connectivity index (χ2n) is 4.89. The molecule has 1 N–H and O–H groups in total. The Morgan fingerprint density at radius 3 is 2.95 bits per heavy atom. The van der Waals surface area contributed by atoms with Crippen LogP contribution in [0.15, 0.2) is 18.2 Å². The fourth-order valence-corrected chi connectivity index (χ4v) is 2.72. The van der Waals surface area contributed by atoms with Crippen molar-refractivity contribution < 1.29 is 14.3 Å². The van der Waals surface area contributed by atoms with Crippen LogP contribution in [-0.2, 0) is 11.3 Å². The minimum Gasteiger partial charge on any atom is -0.480 e. The number of aliphatic carboxylic acids is 1. The molecular formula is C14H17ClFNO2. The van der Waals surface area contributed by atoms with Gasteiger partial charge in [-0.05, 0) is 25.5 Å². The van der Waals surface area contributed by atoms with Gasteiger partial charge in [0.25, 0.3) is 0 Å². The van der Waals surface area contributed by atoms with Gasteiger partial charge in [0.1, 0.15) is 11.9 Å². The van der Waals surface area contributed by atoms with E-state index in [1.54, 1.807) is 12.1 Å². The lowest BCUT2D eigenvalue weighted by Gasteiger charge is -2.26. The van der Waals surface area contributed by atoms with E-state index in [0.29, 0.717) is 25.1 Å². The van der Waals surface area contributed by atoms with E-state index in [2.05, 4.69) is 0 Å². The summed E-state index contributed by atoms with van der Waals surface area (Å²) in [5.74, 6) is -1.28. The van der Waals surface area contributed by atoms with Crippen molar-refractivity contribution in [3.8, 4) is 0 Å². The summed E-state index contributed by atoms with van der Waals surface area (Å²) in [6.45, 7) is 0.978. The molecule has 2 rings (SSSR count). The number of carbonyl (C=O) groups is 1.